The van der Waals surface area contributed by atoms with Crippen LogP contribution in [0.25, 0.3) is 0 Å². The summed E-state index contributed by atoms with van der Waals surface area (Å²) in [4.78, 5) is 13.0. The molecule has 0 unspecified atom stereocenters. The van der Waals surface area contributed by atoms with Gasteiger partial charge in [-0.1, -0.05) is 13.8 Å². The molecule has 1 aliphatic rings. The zero-order valence-electron chi connectivity index (χ0n) is 11.7. The first-order chi connectivity index (χ1) is 9.13. The van der Waals surface area contributed by atoms with Crippen LogP contribution in [-0.2, 0) is 0 Å². The average molecular weight is 265 g/mol. The first-order valence-electron chi connectivity index (χ1n) is 6.82. The minimum absolute atomic E-state index is 0.220. The summed E-state index contributed by atoms with van der Waals surface area (Å²) in [7, 11) is 0. The maximum Gasteiger partial charge on any atom is 0.137 e. The van der Waals surface area contributed by atoms with E-state index in [1.54, 1.807) is 0 Å². The first kappa shape index (κ1) is 14.0. The zero-order chi connectivity index (χ0) is 13.8. The molecule has 2 heterocycles. The average Bonchev–Trinajstić information content (AvgIpc) is 2.39. The van der Waals surface area contributed by atoms with Gasteiger partial charge in [0.2, 0.25) is 0 Å². The van der Waals surface area contributed by atoms with Crippen molar-refractivity contribution in [2.24, 2.45) is 0 Å². The third-order valence-electron chi connectivity index (χ3n) is 3.56. The van der Waals surface area contributed by atoms with E-state index in [0.717, 1.165) is 44.1 Å². The maximum atomic E-state index is 8.96. The van der Waals surface area contributed by atoms with E-state index in [0.29, 0.717) is 11.7 Å². The van der Waals surface area contributed by atoms with Crippen molar-refractivity contribution in [2.45, 2.75) is 19.8 Å². The smallest absolute Gasteiger partial charge is 0.137 e. The topological polar surface area (TPSA) is 78.5 Å². The molecule has 6 nitrogen and oxygen atoms in total. The number of nitrogens with zero attached hydrogens (tertiary/aromatic N) is 4. The van der Waals surface area contributed by atoms with Crippen molar-refractivity contribution in [1.29, 1.82) is 0 Å². The van der Waals surface area contributed by atoms with Crippen LogP contribution in [0.4, 0.5) is 11.6 Å². The molecule has 0 aromatic carbocycles. The number of piperazine rings is 1. The molecule has 3 N–H and O–H groups in total. The zero-order valence-corrected chi connectivity index (χ0v) is 11.7. The van der Waals surface area contributed by atoms with Crippen LogP contribution in [0.3, 0.4) is 0 Å². The minimum atomic E-state index is 0.220. The fourth-order valence-corrected chi connectivity index (χ4v) is 2.53. The molecule has 0 saturated carbocycles. The predicted molar refractivity (Wildman–Crippen MR) is 76.3 cm³/mol. The van der Waals surface area contributed by atoms with E-state index >= 15 is 0 Å². The molecule has 1 aromatic rings. The van der Waals surface area contributed by atoms with Gasteiger partial charge in [0, 0.05) is 38.3 Å². The monoisotopic (exact) mass is 265 g/mol. The fourth-order valence-electron chi connectivity index (χ4n) is 2.53. The van der Waals surface area contributed by atoms with E-state index in [2.05, 4.69) is 33.6 Å². The Labute approximate surface area is 114 Å². The summed E-state index contributed by atoms with van der Waals surface area (Å²) in [6.07, 6.45) is 1.54. The summed E-state index contributed by atoms with van der Waals surface area (Å²) >= 11 is 0. The van der Waals surface area contributed by atoms with Crippen LogP contribution in [0.15, 0.2) is 6.33 Å². The molecule has 106 valence electrons. The first-order valence-corrected chi connectivity index (χ1v) is 6.82. The standard InChI is InChI=1S/C13H23N5O/c1-10(2)11-12(14)15-9-16-13(11)18-5-3-17(4-6-18)7-8-19/h9-10,19H,3-8H2,1-2H3,(H2,14,15,16). The Bertz CT molecular complexity index is 415. The summed E-state index contributed by atoms with van der Waals surface area (Å²) in [5.41, 5.74) is 7.02. The van der Waals surface area contributed by atoms with E-state index in [-0.39, 0.29) is 6.61 Å². The lowest BCUT2D eigenvalue weighted by Gasteiger charge is -2.36. The Morgan fingerprint density at radius 1 is 1.26 bits per heavy atom. The number of aromatic nitrogens is 2. The molecule has 1 saturated heterocycles. The quantitative estimate of drug-likeness (QED) is 0.815. The third-order valence-corrected chi connectivity index (χ3v) is 3.56. The molecule has 0 aliphatic carbocycles. The SMILES string of the molecule is CC(C)c1c(N)ncnc1N1CCN(CCO)CC1. The molecule has 19 heavy (non-hydrogen) atoms. The van der Waals surface area contributed by atoms with E-state index < -0.39 is 0 Å². The Kier molecular flexibility index (Phi) is 4.55. The third kappa shape index (κ3) is 3.13. The number of hydrogen-bond donors (Lipinski definition) is 2. The lowest BCUT2D eigenvalue weighted by molar-refractivity contribution is 0.188. The van der Waals surface area contributed by atoms with E-state index in [1.807, 2.05) is 0 Å². The molecule has 0 spiro atoms. The normalized spacial score (nSPS) is 17.2. The maximum absolute atomic E-state index is 8.96. The van der Waals surface area contributed by atoms with Crippen LogP contribution in [-0.4, -0.2) is 59.3 Å². The molecule has 0 amide bonds. The molecular formula is C13H23N5O. The Morgan fingerprint density at radius 2 is 1.95 bits per heavy atom. The van der Waals surface area contributed by atoms with Crippen LogP contribution in [0.5, 0.6) is 0 Å². The highest BCUT2D eigenvalue weighted by Gasteiger charge is 2.22. The number of nitrogens with two attached hydrogens (primary N) is 1. The van der Waals surface area contributed by atoms with Gasteiger partial charge in [-0.25, -0.2) is 9.97 Å². The van der Waals surface area contributed by atoms with Gasteiger partial charge in [-0.2, -0.15) is 0 Å². The number of β-amino-alcohol motifs (C(OH)–C–C–N with tert-alkyl or cyclic N) is 1. The highest BCUT2D eigenvalue weighted by molar-refractivity contribution is 5.58. The highest BCUT2D eigenvalue weighted by Crippen LogP contribution is 2.29. The van der Waals surface area contributed by atoms with Gasteiger partial charge < -0.3 is 15.7 Å². The summed E-state index contributed by atoms with van der Waals surface area (Å²) in [5.74, 6) is 1.86. The summed E-state index contributed by atoms with van der Waals surface area (Å²) in [5, 5.41) is 8.96. The number of anilines is 2. The predicted octanol–water partition coefficient (Wildman–Crippen LogP) is 0.297. The molecule has 1 aliphatic heterocycles. The van der Waals surface area contributed by atoms with Gasteiger partial charge in [-0.3, -0.25) is 4.90 Å². The number of aliphatic hydroxyl groups is 1. The summed E-state index contributed by atoms with van der Waals surface area (Å²) in [6, 6.07) is 0. The summed E-state index contributed by atoms with van der Waals surface area (Å²) in [6.45, 7) is 8.91. The van der Waals surface area contributed by atoms with E-state index in [4.69, 9.17) is 10.8 Å². The van der Waals surface area contributed by atoms with Gasteiger partial charge in [0.1, 0.15) is 18.0 Å². The van der Waals surface area contributed by atoms with Gasteiger partial charge >= 0.3 is 0 Å². The molecule has 1 aromatic heterocycles. The lowest BCUT2D eigenvalue weighted by atomic mass is 10.0. The Hall–Kier alpha value is -1.40. The Morgan fingerprint density at radius 3 is 2.53 bits per heavy atom. The number of nitrogen functional groups attached to an aromatic ring is 1. The second kappa shape index (κ2) is 6.16. The van der Waals surface area contributed by atoms with E-state index in [9.17, 15) is 0 Å². The number of hydrogen-bond acceptors (Lipinski definition) is 6. The van der Waals surface area contributed by atoms with Gasteiger partial charge in [0.25, 0.3) is 0 Å². The van der Waals surface area contributed by atoms with Crippen molar-refractivity contribution in [3.8, 4) is 0 Å². The highest BCUT2D eigenvalue weighted by atomic mass is 16.3. The van der Waals surface area contributed by atoms with Gasteiger partial charge in [0.05, 0.1) is 6.61 Å². The second-order valence-electron chi connectivity index (χ2n) is 5.20. The van der Waals surface area contributed by atoms with Gasteiger partial charge in [-0.05, 0) is 5.92 Å². The summed E-state index contributed by atoms with van der Waals surface area (Å²) < 4.78 is 0. The van der Waals surface area contributed by atoms with E-state index in [1.165, 1.54) is 6.33 Å². The van der Waals surface area contributed by atoms with Crippen molar-refractivity contribution in [3.05, 3.63) is 11.9 Å². The largest absolute Gasteiger partial charge is 0.395 e. The lowest BCUT2D eigenvalue weighted by Crippen LogP contribution is -2.47. The Balaban J connectivity index is 2.13. The van der Waals surface area contributed by atoms with Gasteiger partial charge in [0.15, 0.2) is 0 Å². The van der Waals surface area contributed by atoms with Crippen molar-refractivity contribution in [1.82, 2.24) is 14.9 Å². The van der Waals surface area contributed by atoms with Crippen molar-refractivity contribution in [3.63, 3.8) is 0 Å². The molecule has 0 atom stereocenters. The second-order valence-corrected chi connectivity index (χ2v) is 5.20. The van der Waals surface area contributed by atoms with Gasteiger partial charge in [-0.15, -0.1) is 0 Å². The van der Waals surface area contributed by atoms with Crippen LogP contribution < -0.4 is 10.6 Å². The van der Waals surface area contributed by atoms with Crippen molar-refractivity contribution < 1.29 is 5.11 Å². The molecule has 0 bridgehead atoms. The fraction of sp³-hybridized carbons (Fsp3) is 0.692. The van der Waals surface area contributed by atoms with Crippen LogP contribution in [0, 0.1) is 0 Å². The molecule has 2 rings (SSSR count). The number of rotatable bonds is 4. The molecular weight excluding hydrogens is 242 g/mol. The van der Waals surface area contributed by atoms with Crippen molar-refractivity contribution in [2.75, 3.05) is 50.0 Å². The van der Waals surface area contributed by atoms with Crippen LogP contribution in [0.1, 0.15) is 25.3 Å². The van der Waals surface area contributed by atoms with Crippen LogP contribution in [0.2, 0.25) is 0 Å². The van der Waals surface area contributed by atoms with Crippen LogP contribution >= 0.6 is 0 Å². The molecule has 6 heteroatoms. The van der Waals surface area contributed by atoms with Crippen molar-refractivity contribution >= 4 is 11.6 Å². The minimum Gasteiger partial charge on any atom is -0.395 e. The molecule has 1 fully saturated rings. The number of aliphatic hydroxyl groups excluding tert-OH is 1. The molecule has 0 radical (unpaired) electrons.